The number of nitrogens with zero attached hydrogens (tertiary/aromatic N) is 4. The number of benzene rings is 1. The van der Waals surface area contributed by atoms with Crippen LogP contribution < -0.4 is 5.32 Å². The first kappa shape index (κ1) is 21.3. The lowest BCUT2D eigenvalue weighted by atomic mass is 10.2. The Morgan fingerprint density at radius 3 is 2.77 bits per heavy atom. The van der Waals surface area contributed by atoms with Gasteiger partial charge in [0.1, 0.15) is 0 Å². The van der Waals surface area contributed by atoms with Crippen LogP contribution in [0.3, 0.4) is 0 Å². The Balaban J connectivity index is 1.57. The molecule has 1 aliphatic heterocycles. The topological polar surface area (TPSA) is 66.2 Å². The largest absolute Gasteiger partial charge is 0.416 e. The van der Waals surface area contributed by atoms with Crippen LogP contribution in [0, 0.1) is 12.7 Å². The third kappa shape index (κ3) is 4.86. The summed E-state index contributed by atoms with van der Waals surface area (Å²) in [6.07, 6.45) is 0.401. The summed E-state index contributed by atoms with van der Waals surface area (Å²) < 4.78 is 54.7. The number of halogens is 4. The van der Waals surface area contributed by atoms with Gasteiger partial charge in [0.2, 0.25) is 5.95 Å². The summed E-state index contributed by atoms with van der Waals surface area (Å²) in [5.41, 5.74) is 1.24. The van der Waals surface area contributed by atoms with Crippen molar-refractivity contribution in [1.82, 2.24) is 19.4 Å². The molecule has 2 N–H and O–H groups in total. The fourth-order valence-electron chi connectivity index (χ4n) is 3.58. The molecule has 1 fully saturated rings. The molecule has 31 heavy (non-hydrogen) atoms. The third-order valence-electron chi connectivity index (χ3n) is 5.19. The van der Waals surface area contributed by atoms with Crippen molar-refractivity contribution in [3.05, 3.63) is 65.4 Å². The molecule has 2 aromatic heterocycles. The molecular formula is C21H21F4N5O. The van der Waals surface area contributed by atoms with Crippen molar-refractivity contribution in [1.29, 1.82) is 0 Å². The summed E-state index contributed by atoms with van der Waals surface area (Å²) in [7, 11) is 0. The van der Waals surface area contributed by atoms with Gasteiger partial charge in [0.15, 0.2) is 11.6 Å². The van der Waals surface area contributed by atoms with Crippen molar-refractivity contribution >= 4 is 11.6 Å². The van der Waals surface area contributed by atoms with Crippen molar-refractivity contribution in [2.75, 3.05) is 18.4 Å². The lowest BCUT2D eigenvalue weighted by Gasteiger charge is -2.14. The quantitative estimate of drug-likeness (QED) is 0.592. The van der Waals surface area contributed by atoms with Gasteiger partial charge >= 0.3 is 6.18 Å². The minimum absolute atomic E-state index is 0.0136. The number of rotatable bonds is 5. The highest BCUT2D eigenvalue weighted by Crippen LogP contribution is 2.31. The van der Waals surface area contributed by atoms with E-state index in [1.54, 1.807) is 12.4 Å². The molecule has 0 radical (unpaired) electrons. The Bertz CT molecular complexity index is 1080. The molecule has 3 heterocycles. The second-order valence-corrected chi connectivity index (χ2v) is 7.62. The summed E-state index contributed by atoms with van der Waals surface area (Å²) in [5, 5.41) is 12.4. The number of aliphatic hydroxyl groups excluding tert-OH is 1. The molecule has 0 spiro atoms. The molecule has 1 atom stereocenters. The predicted octanol–water partition coefficient (Wildman–Crippen LogP) is 4.04. The zero-order valence-corrected chi connectivity index (χ0v) is 16.7. The molecule has 3 aromatic rings. The molecule has 0 amide bonds. The van der Waals surface area contributed by atoms with Gasteiger partial charge < -0.3 is 15.0 Å². The molecule has 1 aliphatic rings. The highest BCUT2D eigenvalue weighted by molar-refractivity contribution is 5.55. The number of nitrogens with one attached hydrogen (secondary N) is 1. The molecule has 6 nitrogen and oxygen atoms in total. The SMILES string of the molecule is Cc1cn(-c2nc(Nc3cccc(C(F)(F)F)c3)ncc2F)cc1CN1CC[C@@H](O)C1. The van der Waals surface area contributed by atoms with Gasteiger partial charge in [-0.05, 0) is 42.7 Å². The summed E-state index contributed by atoms with van der Waals surface area (Å²) in [5.74, 6) is -0.695. The molecule has 1 aromatic carbocycles. The normalized spacial score (nSPS) is 17.3. The standard InChI is InChI=1S/C21H21F4N5O/c1-13-9-30(11-14(13)10-29-6-5-17(31)12-29)19-18(22)8-26-20(28-19)27-16-4-2-3-15(7-16)21(23,24)25/h2-4,7-9,11,17,31H,5-6,10,12H2,1H3,(H,26,27,28)/t17-/m1/s1. The maximum Gasteiger partial charge on any atom is 0.416 e. The predicted molar refractivity (Wildman–Crippen MR) is 107 cm³/mol. The molecule has 164 valence electrons. The Morgan fingerprint density at radius 1 is 1.26 bits per heavy atom. The van der Waals surface area contributed by atoms with Gasteiger partial charge in [0, 0.05) is 37.7 Å². The van der Waals surface area contributed by atoms with Gasteiger partial charge in [0.25, 0.3) is 0 Å². The van der Waals surface area contributed by atoms with Crippen molar-refractivity contribution in [2.45, 2.75) is 32.2 Å². The van der Waals surface area contributed by atoms with E-state index >= 15 is 0 Å². The third-order valence-corrected chi connectivity index (χ3v) is 5.19. The second kappa shape index (κ2) is 8.27. The number of hydrogen-bond acceptors (Lipinski definition) is 5. The fourth-order valence-corrected chi connectivity index (χ4v) is 3.58. The maximum atomic E-state index is 14.4. The van der Waals surface area contributed by atoms with Crippen LogP contribution in [0.4, 0.5) is 29.2 Å². The first-order chi connectivity index (χ1) is 14.7. The summed E-state index contributed by atoms with van der Waals surface area (Å²) in [4.78, 5) is 10.1. The Kier molecular flexibility index (Phi) is 5.67. The van der Waals surface area contributed by atoms with E-state index in [4.69, 9.17) is 0 Å². The zero-order valence-electron chi connectivity index (χ0n) is 16.7. The molecule has 0 bridgehead atoms. The van der Waals surface area contributed by atoms with Crippen LogP contribution in [-0.4, -0.2) is 43.7 Å². The smallest absolute Gasteiger partial charge is 0.392 e. The van der Waals surface area contributed by atoms with E-state index < -0.39 is 17.6 Å². The van der Waals surface area contributed by atoms with E-state index in [-0.39, 0.29) is 23.6 Å². The first-order valence-electron chi connectivity index (χ1n) is 9.74. The minimum Gasteiger partial charge on any atom is -0.392 e. The van der Waals surface area contributed by atoms with Gasteiger partial charge in [-0.3, -0.25) is 4.90 Å². The van der Waals surface area contributed by atoms with E-state index in [0.29, 0.717) is 13.1 Å². The lowest BCUT2D eigenvalue weighted by Crippen LogP contribution is -2.21. The van der Waals surface area contributed by atoms with E-state index in [0.717, 1.165) is 42.4 Å². The molecule has 4 rings (SSSR count). The molecular weight excluding hydrogens is 414 g/mol. The number of aryl methyl sites for hydroxylation is 1. The number of aliphatic hydroxyl groups is 1. The fraction of sp³-hybridized carbons (Fsp3) is 0.333. The Morgan fingerprint density at radius 2 is 2.06 bits per heavy atom. The first-order valence-corrected chi connectivity index (χ1v) is 9.74. The number of anilines is 2. The van der Waals surface area contributed by atoms with Crippen molar-refractivity contribution in [2.24, 2.45) is 0 Å². The van der Waals surface area contributed by atoms with E-state index in [1.165, 1.54) is 16.7 Å². The number of aromatic nitrogens is 3. The number of alkyl halides is 3. The number of likely N-dealkylation sites (tertiary alicyclic amines) is 1. The van der Waals surface area contributed by atoms with Crippen LogP contribution in [0.25, 0.3) is 5.82 Å². The monoisotopic (exact) mass is 435 g/mol. The van der Waals surface area contributed by atoms with Crippen LogP contribution >= 0.6 is 0 Å². The molecule has 0 saturated carbocycles. The lowest BCUT2D eigenvalue weighted by molar-refractivity contribution is -0.137. The molecule has 0 aliphatic carbocycles. The minimum atomic E-state index is -4.48. The maximum absolute atomic E-state index is 14.4. The van der Waals surface area contributed by atoms with Gasteiger partial charge in [0.05, 0.1) is 17.9 Å². The van der Waals surface area contributed by atoms with Crippen LogP contribution in [0.1, 0.15) is 23.1 Å². The van der Waals surface area contributed by atoms with Crippen molar-refractivity contribution < 1.29 is 22.7 Å². The molecule has 0 unspecified atom stereocenters. The highest BCUT2D eigenvalue weighted by atomic mass is 19.4. The van der Waals surface area contributed by atoms with Gasteiger partial charge in [-0.2, -0.15) is 18.2 Å². The van der Waals surface area contributed by atoms with Gasteiger partial charge in [-0.1, -0.05) is 6.07 Å². The highest BCUT2D eigenvalue weighted by Gasteiger charge is 2.30. The Labute approximate surface area is 176 Å². The van der Waals surface area contributed by atoms with Gasteiger partial charge in [-0.25, -0.2) is 9.37 Å². The van der Waals surface area contributed by atoms with Crippen LogP contribution in [0.5, 0.6) is 0 Å². The van der Waals surface area contributed by atoms with Crippen molar-refractivity contribution in [3.8, 4) is 5.82 Å². The summed E-state index contributed by atoms with van der Waals surface area (Å²) in [6.45, 7) is 3.91. The van der Waals surface area contributed by atoms with Crippen molar-refractivity contribution in [3.63, 3.8) is 0 Å². The van der Waals surface area contributed by atoms with E-state index in [2.05, 4.69) is 20.2 Å². The summed E-state index contributed by atoms with van der Waals surface area (Å²) in [6, 6.07) is 4.62. The number of hydrogen-bond donors (Lipinski definition) is 2. The Hall–Kier alpha value is -2.98. The summed E-state index contributed by atoms with van der Waals surface area (Å²) >= 11 is 0. The number of β-amino-alcohol motifs (C(OH)–C–C–N with tert-alkyl or cyclic N) is 1. The zero-order chi connectivity index (χ0) is 22.2. The van der Waals surface area contributed by atoms with Crippen LogP contribution in [-0.2, 0) is 12.7 Å². The van der Waals surface area contributed by atoms with E-state index in [9.17, 15) is 22.7 Å². The average molecular weight is 435 g/mol. The average Bonchev–Trinajstić information content (AvgIpc) is 3.28. The van der Waals surface area contributed by atoms with Crippen LogP contribution in [0.2, 0.25) is 0 Å². The van der Waals surface area contributed by atoms with Gasteiger partial charge in [-0.15, -0.1) is 0 Å². The van der Waals surface area contributed by atoms with Crippen LogP contribution in [0.15, 0.2) is 42.9 Å². The second-order valence-electron chi connectivity index (χ2n) is 7.62. The van der Waals surface area contributed by atoms with E-state index in [1.807, 2.05) is 6.92 Å². The molecule has 10 heteroatoms. The molecule has 1 saturated heterocycles.